The van der Waals surface area contributed by atoms with Gasteiger partial charge in [-0.25, -0.2) is 4.79 Å². The van der Waals surface area contributed by atoms with Gasteiger partial charge in [-0.3, -0.25) is 4.79 Å². The number of carboxylic acid groups (broad SMARTS) is 1. The van der Waals surface area contributed by atoms with Crippen LogP contribution >= 0.6 is 0 Å². The molecule has 19 heavy (non-hydrogen) atoms. The van der Waals surface area contributed by atoms with Crippen molar-refractivity contribution in [1.82, 2.24) is 10.2 Å². The molecule has 0 saturated heterocycles. The van der Waals surface area contributed by atoms with Crippen molar-refractivity contribution in [3.8, 4) is 0 Å². The van der Waals surface area contributed by atoms with Gasteiger partial charge >= 0.3 is 12.0 Å². The molecule has 1 fully saturated rings. The highest BCUT2D eigenvalue weighted by Gasteiger charge is 2.23. The molecular formula is C14H26N2O3. The van der Waals surface area contributed by atoms with Gasteiger partial charge in [0.1, 0.15) is 0 Å². The van der Waals surface area contributed by atoms with Gasteiger partial charge in [0.2, 0.25) is 0 Å². The molecule has 0 radical (unpaired) electrons. The summed E-state index contributed by atoms with van der Waals surface area (Å²) in [6.07, 6.45) is 6.32. The Morgan fingerprint density at radius 2 is 1.95 bits per heavy atom. The van der Waals surface area contributed by atoms with Gasteiger partial charge in [0.25, 0.3) is 0 Å². The van der Waals surface area contributed by atoms with Crippen LogP contribution in [-0.2, 0) is 4.79 Å². The quantitative estimate of drug-likeness (QED) is 0.779. The highest BCUT2D eigenvalue weighted by Crippen LogP contribution is 2.22. The summed E-state index contributed by atoms with van der Waals surface area (Å²) < 4.78 is 0. The van der Waals surface area contributed by atoms with Gasteiger partial charge in [0, 0.05) is 19.1 Å². The van der Waals surface area contributed by atoms with E-state index in [1.165, 1.54) is 19.3 Å². The zero-order valence-corrected chi connectivity index (χ0v) is 12.0. The first-order chi connectivity index (χ1) is 9.06. The number of hydrogen-bond acceptors (Lipinski definition) is 2. The van der Waals surface area contributed by atoms with Gasteiger partial charge in [-0.15, -0.1) is 0 Å². The zero-order chi connectivity index (χ0) is 14.3. The van der Waals surface area contributed by atoms with Crippen molar-refractivity contribution < 1.29 is 14.7 Å². The molecule has 2 N–H and O–H groups in total. The highest BCUT2D eigenvalue weighted by atomic mass is 16.4. The summed E-state index contributed by atoms with van der Waals surface area (Å²) in [7, 11) is 0. The number of carboxylic acids is 1. The van der Waals surface area contributed by atoms with Crippen LogP contribution in [0, 0.1) is 5.92 Å². The number of carbonyl (C=O) groups excluding carboxylic acids is 1. The SMILES string of the molecule is CCN(C(=O)NCCC(C)C(=O)O)C1CCCCC1. The normalized spacial score (nSPS) is 17.8. The van der Waals surface area contributed by atoms with Crippen LogP contribution in [0.2, 0.25) is 0 Å². The largest absolute Gasteiger partial charge is 0.481 e. The van der Waals surface area contributed by atoms with E-state index in [9.17, 15) is 9.59 Å². The maximum atomic E-state index is 12.1. The zero-order valence-electron chi connectivity index (χ0n) is 12.0. The van der Waals surface area contributed by atoms with E-state index in [0.29, 0.717) is 25.6 Å². The Bertz CT molecular complexity index is 301. The number of amides is 2. The molecule has 0 aromatic heterocycles. The topological polar surface area (TPSA) is 69.6 Å². The second-order valence-corrected chi connectivity index (χ2v) is 5.34. The van der Waals surface area contributed by atoms with Crippen LogP contribution in [0.15, 0.2) is 0 Å². The molecule has 1 aliphatic rings. The average molecular weight is 270 g/mol. The van der Waals surface area contributed by atoms with Gasteiger partial charge in [-0.1, -0.05) is 26.2 Å². The number of carbonyl (C=O) groups is 2. The Hall–Kier alpha value is -1.26. The summed E-state index contributed by atoms with van der Waals surface area (Å²) in [5.41, 5.74) is 0. The van der Waals surface area contributed by atoms with Crippen molar-refractivity contribution in [1.29, 1.82) is 0 Å². The molecule has 0 aromatic rings. The van der Waals surface area contributed by atoms with E-state index in [-0.39, 0.29) is 6.03 Å². The lowest BCUT2D eigenvalue weighted by molar-refractivity contribution is -0.141. The third kappa shape index (κ3) is 5.09. The first kappa shape index (κ1) is 15.8. The van der Waals surface area contributed by atoms with Crippen molar-refractivity contribution in [3.63, 3.8) is 0 Å². The number of nitrogens with one attached hydrogen (secondary N) is 1. The molecule has 0 aromatic carbocycles. The maximum Gasteiger partial charge on any atom is 0.317 e. The summed E-state index contributed by atoms with van der Waals surface area (Å²) >= 11 is 0. The molecule has 110 valence electrons. The summed E-state index contributed by atoms with van der Waals surface area (Å²) in [4.78, 5) is 24.7. The lowest BCUT2D eigenvalue weighted by Crippen LogP contribution is -2.47. The predicted octanol–water partition coefficient (Wildman–Crippen LogP) is 2.46. The van der Waals surface area contributed by atoms with Crippen LogP contribution in [-0.4, -0.2) is 41.1 Å². The molecule has 1 atom stereocenters. The minimum Gasteiger partial charge on any atom is -0.481 e. The van der Waals surface area contributed by atoms with E-state index in [1.54, 1.807) is 6.92 Å². The van der Waals surface area contributed by atoms with E-state index in [0.717, 1.165) is 12.8 Å². The van der Waals surface area contributed by atoms with Gasteiger partial charge in [0.05, 0.1) is 5.92 Å². The Morgan fingerprint density at radius 1 is 1.32 bits per heavy atom. The first-order valence-electron chi connectivity index (χ1n) is 7.33. The van der Waals surface area contributed by atoms with Crippen molar-refractivity contribution in [2.75, 3.05) is 13.1 Å². The molecule has 2 amide bonds. The minimum atomic E-state index is -0.811. The van der Waals surface area contributed by atoms with Crippen molar-refractivity contribution in [2.24, 2.45) is 5.92 Å². The maximum absolute atomic E-state index is 12.1. The van der Waals surface area contributed by atoms with Gasteiger partial charge in [0.15, 0.2) is 0 Å². The molecular weight excluding hydrogens is 244 g/mol. The van der Waals surface area contributed by atoms with E-state index >= 15 is 0 Å². The molecule has 0 heterocycles. The van der Waals surface area contributed by atoms with Crippen LogP contribution in [0.3, 0.4) is 0 Å². The average Bonchev–Trinajstić information content (AvgIpc) is 2.40. The predicted molar refractivity (Wildman–Crippen MR) is 74.1 cm³/mol. The van der Waals surface area contributed by atoms with Gasteiger partial charge in [-0.05, 0) is 26.2 Å². The smallest absolute Gasteiger partial charge is 0.317 e. The Labute approximate surface area is 115 Å². The molecule has 1 unspecified atom stereocenters. The standard InChI is InChI=1S/C14H26N2O3/c1-3-16(12-7-5-4-6-8-12)14(19)15-10-9-11(2)13(17)18/h11-12H,3-10H2,1-2H3,(H,15,19)(H,17,18). The number of rotatable bonds is 6. The lowest BCUT2D eigenvalue weighted by atomic mass is 9.94. The Kier molecular flexibility index (Phi) is 6.67. The fraction of sp³-hybridized carbons (Fsp3) is 0.857. The Morgan fingerprint density at radius 3 is 2.47 bits per heavy atom. The van der Waals surface area contributed by atoms with Crippen LogP contribution in [0.4, 0.5) is 4.79 Å². The van der Waals surface area contributed by atoms with Crippen LogP contribution in [0.5, 0.6) is 0 Å². The number of nitrogens with zero attached hydrogens (tertiary/aromatic N) is 1. The Balaban J connectivity index is 2.34. The number of hydrogen-bond donors (Lipinski definition) is 2. The molecule has 1 saturated carbocycles. The number of aliphatic carboxylic acids is 1. The molecule has 0 spiro atoms. The molecule has 0 aliphatic heterocycles. The van der Waals surface area contributed by atoms with Gasteiger partial charge < -0.3 is 15.3 Å². The first-order valence-corrected chi connectivity index (χ1v) is 7.33. The third-order valence-electron chi connectivity index (χ3n) is 3.89. The molecule has 5 heteroatoms. The lowest BCUT2D eigenvalue weighted by Gasteiger charge is -2.33. The molecule has 1 aliphatic carbocycles. The highest BCUT2D eigenvalue weighted by molar-refractivity contribution is 5.74. The summed E-state index contributed by atoms with van der Waals surface area (Å²) in [6.45, 7) is 4.79. The minimum absolute atomic E-state index is 0.0491. The summed E-state index contributed by atoms with van der Waals surface area (Å²) in [5, 5.41) is 11.6. The van der Waals surface area contributed by atoms with Crippen LogP contribution in [0.1, 0.15) is 52.4 Å². The molecule has 0 bridgehead atoms. The third-order valence-corrected chi connectivity index (χ3v) is 3.89. The fourth-order valence-corrected chi connectivity index (χ4v) is 2.58. The summed E-state index contributed by atoms with van der Waals surface area (Å²) in [5.74, 6) is -1.22. The van der Waals surface area contributed by atoms with Crippen molar-refractivity contribution in [3.05, 3.63) is 0 Å². The monoisotopic (exact) mass is 270 g/mol. The van der Waals surface area contributed by atoms with E-state index in [4.69, 9.17) is 5.11 Å². The number of urea groups is 1. The fourth-order valence-electron chi connectivity index (χ4n) is 2.58. The molecule has 5 nitrogen and oxygen atoms in total. The van der Waals surface area contributed by atoms with E-state index in [2.05, 4.69) is 5.32 Å². The second-order valence-electron chi connectivity index (χ2n) is 5.34. The van der Waals surface area contributed by atoms with E-state index in [1.807, 2.05) is 11.8 Å². The van der Waals surface area contributed by atoms with Crippen molar-refractivity contribution in [2.45, 2.75) is 58.4 Å². The van der Waals surface area contributed by atoms with Gasteiger partial charge in [-0.2, -0.15) is 0 Å². The van der Waals surface area contributed by atoms with E-state index < -0.39 is 11.9 Å². The van der Waals surface area contributed by atoms with Crippen molar-refractivity contribution >= 4 is 12.0 Å². The second kappa shape index (κ2) is 8.02. The summed E-state index contributed by atoms with van der Waals surface area (Å²) in [6, 6.07) is 0.308. The van der Waals surface area contributed by atoms with Crippen LogP contribution < -0.4 is 5.32 Å². The molecule has 1 rings (SSSR count). The van der Waals surface area contributed by atoms with Crippen LogP contribution in [0.25, 0.3) is 0 Å².